The lowest BCUT2D eigenvalue weighted by Crippen LogP contribution is -2.41. The average Bonchev–Trinajstić information content (AvgIpc) is 3.06. The first kappa shape index (κ1) is 16.2. The molecule has 128 valence electrons. The van der Waals surface area contributed by atoms with Gasteiger partial charge in [-0.1, -0.05) is 18.6 Å². The standard InChI is InChI=1S/C19H20N4OS/c1-23(16-3-2-4-16)11-19(24)22-18-8-15-7-13(17-10-20-12-25-17)5-6-14(15)9-21-18/h5-10,12,16H,2-4,11H2,1H3,(H,21,22,24). The molecule has 1 aromatic carbocycles. The zero-order valence-corrected chi connectivity index (χ0v) is 14.9. The van der Waals surface area contributed by atoms with Gasteiger partial charge in [0.1, 0.15) is 5.82 Å². The van der Waals surface area contributed by atoms with Crippen LogP contribution in [0.15, 0.2) is 42.2 Å². The number of rotatable bonds is 5. The van der Waals surface area contributed by atoms with Crippen molar-refractivity contribution in [2.45, 2.75) is 25.3 Å². The number of anilines is 1. The molecule has 0 radical (unpaired) electrons. The van der Waals surface area contributed by atoms with Crippen LogP contribution in [0, 0.1) is 0 Å². The molecule has 0 aliphatic heterocycles. The van der Waals surface area contributed by atoms with E-state index < -0.39 is 0 Å². The molecule has 6 heteroatoms. The monoisotopic (exact) mass is 352 g/mol. The van der Waals surface area contributed by atoms with Gasteiger partial charge in [-0.25, -0.2) is 4.98 Å². The quantitative estimate of drug-likeness (QED) is 0.759. The van der Waals surface area contributed by atoms with Crippen LogP contribution in [-0.4, -0.2) is 40.4 Å². The molecule has 1 aliphatic rings. The van der Waals surface area contributed by atoms with E-state index in [1.54, 1.807) is 17.5 Å². The summed E-state index contributed by atoms with van der Waals surface area (Å²) in [5, 5.41) is 5.03. The summed E-state index contributed by atoms with van der Waals surface area (Å²) in [7, 11) is 2.01. The molecule has 0 unspecified atom stereocenters. The van der Waals surface area contributed by atoms with Crippen LogP contribution in [0.2, 0.25) is 0 Å². The summed E-state index contributed by atoms with van der Waals surface area (Å²) < 4.78 is 0. The van der Waals surface area contributed by atoms with Gasteiger partial charge in [0, 0.05) is 23.8 Å². The Morgan fingerprint density at radius 2 is 2.16 bits per heavy atom. The van der Waals surface area contributed by atoms with Crippen LogP contribution in [0.1, 0.15) is 19.3 Å². The van der Waals surface area contributed by atoms with E-state index in [1.807, 2.05) is 30.9 Å². The van der Waals surface area contributed by atoms with Crippen molar-refractivity contribution in [1.29, 1.82) is 0 Å². The highest BCUT2D eigenvalue weighted by Gasteiger charge is 2.23. The van der Waals surface area contributed by atoms with E-state index in [-0.39, 0.29) is 5.91 Å². The molecule has 1 amide bonds. The fourth-order valence-corrected chi connectivity index (χ4v) is 3.71. The average molecular weight is 352 g/mol. The number of nitrogens with zero attached hydrogens (tertiary/aromatic N) is 3. The number of nitrogens with one attached hydrogen (secondary N) is 1. The van der Waals surface area contributed by atoms with Crippen LogP contribution >= 0.6 is 11.3 Å². The number of amides is 1. The van der Waals surface area contributed by atoms with Crippen LogP contribution in [0.25, 0.3) is 21.2 Å². The highest BCUT2D eigenvalue weighted by molar-refractivity contribution is 7.13. The minimum Gasteiger partial charge on any atom is -0.310 e. The highest BCUT2D eigenvalue weighted by atomic mass is 32.1. The van der Waals surface area contributed by atoms with Gasteiger partial charge in [-0.2, -0.15) is 0 Å². The van der Waals surface area contributed by atoms with E-state index in [2.05, 4.69) is 32.3 Å². The van der Waals surface area contributed by atoms with Crippen molar-refractivity contribution in [2.75, 3.05) is 18.9 Å². The van der Waals surface area contributed by atoms with Crippen molar-refractivity contribution in [3.63, 3.8) is 0 Å². The summed E-state index contributed by atoms with van der Waals surface area (Å²) in [4.78, 5) is 24.0. The molecule has 3 aromatic rings. The Morgan fingerprint density at radius 3 is 2.88 bits per heavy atom. The summed E-state index contributed by atoms with van der Waals surface area (Å²) >= 11 is 1.61. The van der Waals surface area contributed by atoms with Crippen molar-refractivity contribution in [1.82, 2.24) is 14.9 Å². The number of hydrogen-bond donors (Lipinski definition) is 1. The molecular weight excluding hydrogens is 332 g/mol. The van der Waals surface area contributed by atoms with E-state index in [4.69, 9.17) is 0 Å². The minimum absolute atomic E-state index is 0.0140. The van der Waals surface area contributed by atoms with Crippen LogP contribution in [0.3, 0.4) is 0 Å². The molecule has 4 rings (SSSR count). The SMILES string of the molecule is CN(CC(=O)Nc1cc2cc(-c3cncs3)ccc2cn1)C1CCC1. The lowest BCUT2D eigenvalue weighted by Gasteiger charge is -2.34. The molecule has 1 N–H and O–H groups in total. The molecule has 25 heavy (non-hydrogen) atoms. The Bertz CT molecular complexity index is 890. The molecule has 1 aliphatic carbocycles. The van der Waals surface area contributed by atoms with Gasteiger partial charge in [0.2, 0.25) is 5.91 Å². The number of carbonyl (C=O) groups excluding carboxylic acids is 1. The fourth-order valence-electron chi connectivity index (χ4n) is 3.09. The van der Waals surface area contributed by atoms with Gasteiger partial charge in [0.05, 0.1) is 16.9 Å². The van der Waals surface area contributed by atoms with E-state index in [0.717, 1.165) is 21.2 Å². The third-order valence-corrected chi connectivity index (χ3v) is 5.62. The predicted octanol–water partition coefficient (Wildman–Crippen LogP) is 3.78. The first-order valence-corrected chi connectivity index (χ1v) is 9.36. The molecule has 0 bridgehead atoms. The third kappa shape index (κ3) is 3.55. The predicted molar refractivity (Wildman–Crippen MR) is 102 cm³/mol. The number of carbonyl (C=O) groups is 1. The molecule has 1 fully saturated rings. The van der Waals surface area contributed by atoms with Gasteiger partial charge in [-0.3, -0.25) is 14.7 Å². The first-order chi connectivity index (χ1) is 12.2. The molecule has 5 nitrogen and oxygen atoms in total. The van der Waals surface area contributed by atoms with Crippen LogP contribution in [0.4, 0.5) is 5.82 Å². The lowest BCUT2D eigenvalue weighted by molar-refractivity contribution is -0.117. The molecule has 0 spiro atoms. The number of thiazole rings is 1. The zero-order valence-electron chi connectivity index (χ0n) is 14.1. The van der Waals surface area contributed by atoms with Crippen molar-refractivity contribution in [2.24, 2.45) is 0 Å². The number of aromatic nitrogens is 2. The van der Waals surface area contributed by atoms with E-state index in [9.17, 15) is 4.79 Å². The largest absolute Gasteiger partial charge is 0.310 e. The van der Waals surface area contributed by atoms with Crippen LogP contribution in [0.5, 0.6) is 0 Å². The molecule has 0 atom stereocenters. The van der Waals surface area contributed by atoms with Crippen molar-refractivity contribution >= 4 is 33.8 Å². The maximum Gasteiger partial charge on any atom is 0.239 e. The van der Waals surface area contributed by atoms with Gasteiger partial charge in [0.15, 0.2) is 0 Å². The van der Waals surface area contributed by atoms with Gasteiger partial charge in [-0.15, -0.1) is 11.3 Å². The normalized spacial score (nSPS) is 14.6. The fraction of sp³-hybridized carbons (Fsp3) is 0.316. The highest BCUT2D eigenvalue weighted by Crippen LogP contribution is 2.28. The molecule has 0 saturated heterocycles. The van der Waals surface area contributed by atoms with E-state index in [1.165, 1.54) is 19.3 Å². The second-order valence-electron chi connectivity index (χ2n) is 6.55. The summed E-state index contributed by atoms with van der Waals surface area (Å²) in [6.07, 6.45) is 7.32. The minimum atomic E-state index is -0.0140. The maximum absolute atomic E-state index is 12.3. The summed E-state index contributed by atoms with van der Waals surface area (Å²) in [6.45, 7) is 0.408. The van der Waals surface area contributed by atoms with Gasteiger partial charge < -0.3 is 5.32 Å². The second-order valence-corrected chi connectivity index (χ2v) is 7.43. The number of hydrogen-bond acceptors (Lipinski definition) is 5. The molecule has 2 aromatic heterocycles. The van der Waals surface area contributed by atoms with E-state index in [0.29, 0.717) is 18.4 Å². The van der Waals surface area contributed by atoms with Crippen molar-refractivity contribution in [3.05, 3.63) is 42.2 Å². The topological polar surface area (TPSA) is 58.1 Å². The zero-order chi connectivity index (χ0) is 17.2. The van der Waals surface area contributed by atoms with Crippen molar-refractivity contribution in [3.8, 4) is 10.4 Å². The Balaban J connectivity index is 1.50. The molecule has 2 heterocycles. The number of likely N-dealkylation sites (N-methyl/N-ethyl adjacent to an activating group) is 1. The van der Waals surface area contributed by atoms with Gasteiger partial charge in [0.25, 0.3) is 0 Å². The number of fused-ring (bicyclic) bond motifs is 1. The Morgan fingerprint density at radius 1 is 1.28 bits per heavy atom. The van der Waals surface area contributed by atoms with Crippen LogP contribution < -0.4 is 5.32 Å². The third-order valence-electron chi connectivity index (χ3n) is 4.80. The Hall–Kier alpha value is -2.31. The van der Waals surface area contributed by atoms with Gasteiger partial charge >= 0.3 is 0 Å². The summed E-state index contributed by atoms with van der Waals surface area (Å²) in [5.74, 6) is 0.584. The molecular formula is C19H20N4OS. The maximum atomic E-state index is 12.3. The van der Waals surface area contributed by atoms with E-state index >= 15 is 0 Å². The number of benzene rings is 1. The van der Waals surface area contributed by atoms with Gasteiger partial charge in [-0.05, 0) is 43.0 Å². The summed E-state index contributed by atoms with van der Waals surface area (Å²) in [6, 6.07) is 8.72. The lowest BCUT2D eigenvalue weighted by atomic mass is 9.92. The van der Waals surface area contributed by atoms with Crippen LogP contribution in [-0.2, 0) is 4.79 Å². The Labute approximate surface area is 150 Å². The Kier molecular flexibility index (Phi) is 4.46. The van der Waals surface area contributed by atoms with Crippen molar-refractivity contribution < 1.29 is 4.79 Å². The smallest absolute Gasteiger partial charge is 0.239 e. The first-order valence-electron chi connectivity index (χ1n) is 8.48. The second kappa shape index (κ2) is 6.90. The number of pyridine rings is 1. The molecule has 1 saturated carbocycles. The summed E-state index contributed by atoms with van der Waals surface area (Å²) in [5.41, 5.74) is 2.96.